The van der Waals surface area contributed by atoms with Gasteiger partial charge >= 0.3 is 0 Å². The van der Waals surface area contributed by atoms with Gasteiger partial charge in [0.1, 0.15) is 0 Å². The fraction of sp³-hybridized carbons (Fsp3) is 0.481. The number of benzene rings is 2. The summed E-state index contributed by atoms with van der Waals surface area (Å²) in [4.78, 5) is 5.50. The second-order valence-electron chi connectivity index (χ2n) is 9.67. The molecule has 0 amide bonds. The number of piperidine rings is 2. The first-order valence-electron chi connectivity index (χ1n) is 11.4. The minimum absolute atomic E-state index is 0.298. The van der Waals surface area contributed by atoms with Crippen molar-refractivity contribution in [2.75, 3.05) is 26.2 Å². The van der Waals surface area contributed by atoms with Crippen LogP contribution in [0.4, 0.5) is 0 Å². The lowest BCUT2D eigenvalue weighted by Crippen LogP contribution is -2.55. The Morgan fingerprint density at radius 2 is 1.72 bits per heavy atom. The lowest BCUT2D eigenvalue weighted by molar-refractivity contribution is 0.0337. The first-order valence-corrected chi connectivity index (χ1v) is 11.4. The third kappa shape index (κ3) is 3.69. The second-order valence-corrected chi connectivity index (χ2v) is 9.67. The van der Waals surface area contributed by atoms with E-state index in [1.807, 2.05) is 0 Å². The van der Waals surface area contributed by atoms with Crippen LogP contribution in [-0.4, -0.2) is 42.0 Å². The number of likely N-dealkylation sites (tertiary alicyclic amines) is 2. The molecule has 0 N–H and O–H groups in total. The highest BCUT2D eigenvalue weighted by atomic mass is 15.2. The highest BCUT2D eigenvalue weighted by Crippen LogP contribution is 2.44. The van der Waals surface area contributed by atoms with Crippen molar-refractivity contribution >= 4 is 6.08 Å². The van der Waals surface area contributed by atoms with Crippen LogP contribution in [0.2, 0.25) is 0 Å². The quantitative estimate of drug-likeness (QED) is 0.709. The molecule has 2 aliphatic heterocycles. The lowest BCUT2D eigenvalue weighted by Gasteiger charge is -2.48. The van der Waals surface area contributed by atoms with Gasteiger partial charge in [0, 0.05) is 24.5 Å². The molecule has 2 aromatic rings. The van der Waals surface area contributed by atoms with Crippen molar-refractivity contribution in [3.05, 3.63) is 76.9 Å². The zero-order valence-electron chi connectivity index (χ0n) is 18.0. The number of fused-ring (bicyclic) bond motifs is 2. The third-order valence-corrected chi connectivity index (χ3v) is 7.77. The summed E-state index contributed by atoms with van der Waals surface area (Å²) in [5.41, 5.74) is 6.11. The Kier molecular flexibility index (Phi) is 5.09. The molecule has 0 unspecified atom stereocenters. The number of rotatable bonds is 3. The maximum atomic E-state index is 2.81. The molecular formula is C27H34N2. The average Bonchev–Trinajstić information content (AvgIpc) is 3.10. The van der Waals surface area contributed by atoms with Crippen molar-refractivity contribution in [1.82, 2.24) is 9.80 Å². The highest BCUT2D eigenvalue weighted by molar-refractivity contribution is 5.65. The summed E-state index contributed by atoms with van der Waals surface area (Å²) >= 11 is 0. The van der Waals surface area contributed by atoms with Crippen molar-refractivity contribution in [1.29, 1.82) is 0 Å². The van der Waals surface area contributed by atoms with Crippen molar-refractivity contribution in [2.45, 2.75) is 51.1 Å². The maximum absolute atomic E-state index is 2.81. The van der Waals surface area contributed by atoms with E-state index in [9.17, 15) is 0 Å². The van der Waals surface area contributed by atoms with Crippen LogP contribution in [0.3, 0.4) is 0 Å². The van der Waals surface area contributed by atoms with Crippen LogP contribution in [0.5, 0.6) is 0 Å². The van der Waals surface area contributed by atoms with Gasteiger partial charge in [-0.2, -0.15) is 0 Å². The smallest absolute Gasteiger partial charge is 0.0249 e. The van der Waals surface area contributed by atoms with Crippen molar-refractivity contribution in [3.8, 4) is 0 Å². The minimum atomic E-state index is 0.298. The molecule has 2 heterocycles. The molecular weight excluding hydrogens is 352 g/mol. The average molecular weight is 387 g/mol. The molecule has 2 aromatic carbocycles. The van der Waals surface area contributed by atoms with Gasteiger partial charge in [-0.25, -0.2) is 0 Å². The molecule has 2 nitrogen and oxygen atoms in total. The molecule has 0 aromatic heterocycles. The number of hydrogen-bond acceptors (Lipinski definition) is 2. The first-order chi connectivity index (χ1) is 14.1. The highest BCUT2D eigenvalue weighted by Gasteiger charge is 2.41. The molecule has 2 saturated heterocycles. The number of nitrogens with zero attached hydrogens (tertiary/aromatic N) is 2. The second kappa shape index (κ2) is 7.74. The van der Waals surface area contributed by atoms with Gasteiger partial charge < -0.3 is 0 Å². The Bertz CT molecular complexity index is 874. The van der Waals surface area contributed by atoms with E-state index in [-0.39, 0.29) is 0 Å². The fourth-order valence-corrected chi connectivity index (χ4v) is 5.81. The van der Waals surface area contributed by atoms with Crippen LogP contribution in [0, 0.1) is 12.8 Å². The summed E-state index contributed by atoms with van der Waals surface area (Å²) < 4.78 is 0. The van der Waals surface area contributed by atoms with E-state index < -0.39 is 0 Å². The van der Waals surface area contributed by atoms with Gasteiger partial charge in [-0.05, 0) is 68.4 Å². The van der Waals surface area contributed by atoms with Crippen LogP contribution in [-0.2, 0) is 12.0 Å². The van der Waals surface area contributed by atoms with Crippen LogP contribution < -0.4 is 0 Å². The van der Waals surface area contributed by atoms with E-state index >= 15 is 0 Å². The first kappa shape index (κ1) is 19.1. The van der Waals surface area contributed by atoms with Crippen molar-refractivity contribution < 1.29 is 0 Å². The maximum Gasteiger partial charge on any atom is 0.0249 e. The minimum Gasteiger partial charge on any atom is -0.299 e. The van der Waals surface area contributed by atoms with Crippen molar-refractivity contribution in [3.63, 3.8) is 0 Å². The summed E-state index contributed by atoms with van der Waals surface area (Å²) in [6.45, 7) is 10.6. The van der Waals surface area contributed by atoms with E-state index in [0.29, 0.717) is 11.5 Å². The van der Waals surface area contributed by atoms with Gasteiger partial charge in [-0.15, -0.1) is 0 Å². The summed E-state index contributed by atoms with van der Waals surface area (Å²) in [6, 6.07) is 18.8. The summed E-state index contributed by atoms with van der Waals surface area (Å²) in [5.74, 6) is 0.796. The Labute approximate surface area is 176 Å². The van der Waals surface area contributed by atoms with Crippen LogP contribution >= 0.6 is 0 Å². The van der Waals surface area contributed by atoms with Crippen molar-refractivity contribution in [2.24, 2.45) is 5.92 Å². The van der Waals surface area contributed by atoms with Gasteiger partial charge in [0.15, 0.2) is 0 Å². The van der Waals surface area contributed by atoms with Gasteiger partial charge in [0.2, 0.25) is 0 Å². The fourth-order valence-electron chi connectivity index (χ4n) is 5.81. The third-order valence-electron chi connectivity index (χ3n) is 7.77. The Morgan fingerprint density at radius 3 is 2.52 bits per heavy atom. The number of hydrogen-bond donors (Lipinski definition) is 0. The lowest BCUT2D eigenvalue weighted by atomic mass is 9.74. The molecule has 2 atom stereocenters. The van der Waals surface area contributed by atoms with E-state index in [4.69, 9.17) is 0 Å². The normalized spacial score (nSPS) is 26.7. The SMILES string of the molecule is Cc1ccc(CN2CC[C@@H](C)[C@H](N3CCC4(C=Cc5ccccc54)CC3)C2)cc1. The van der Waals surface area contributed by atoms with Gasteiger partial charge in [0.05, 0.1) is 0 Å². The van der Waals surface area contributed by atoms with Gasteiger partial charge in [-0.3, -0.25) is 9.80 Å². The number of allylic oxidation sites excluding steroid dienone is 1. The Hall–Kier alpha value is -1.90. The molecule has 29 heavy (non-hydrogen) atoms. The van der Waals surface area contributed by atoms with Crippen LogP contribution in [0.25, 0.3) is 6.08 Å². The van der Waals surface area contributed by atoms with E-state index in [2.05, 4.69) is 84.3 Å². The van der Waals surface area contributed by atoms with Crippen LogP contribution in [0.1, 0.15) is 48.4 Å². The van der Waals surface area contributed by atoms with E-state index in [1.165, 1.54) is 62.1 Å². The van der Waals surface area contributed by atoms with E-state index in [0.717, 1.165) is 12.5 Å². The zero-order chi connectivity index (χ0) is 19.8. The standard InChI is InChI=1S/C27H34N2/c1-21-7-9-23(10-8-21)19-28-16-12-22(2)26(20-28)29-17-14-27(15-18-29)13-11-24-5-3-4-6-25(24)27/h3-11,13,22,26H,12,14-20H2,1-2H3/t22-,26-/m1/s1. The summed E-state index contributed by atoms with van der Waals surface area (Å²) in [7, 11) is 0. The summed E-state index contributed by atoms with van der Waals surface area (Å²) in [6.07, 6.45) is 8.71. The molecule has 0 bridgehead atoms. The molecule has 5 rings (SSSR count). The zero-order valence-corrected chi connectivity index (χ0v) is 18.0. The molecule has 2 heteroatoms. The Morgan fingerprint density at radius 1 is 0.966 bits per heavy atom. The Balaban J connectivity index is 1.24. The van der Waals surface area contributed by atoms with Gasteiger partial charge in [-0.1, -0.05) is 73.2 Å². The number of aryl methyl sites for hydroxylation is 1. The molecule has 2 fully saturated rings. The molecule has 1 spiro atoms. The van der Waals surface area contributed by atoms with E-state index in [1.54, 1.807) is 5.56 Å². The largest absolute Gasteiger partial charge is 0.299 e. The molecule has 1 aliphatic carbocycles. The predicted octanol–water partition coefficient (Wildman–Crippen LogP) is 5.27. The van der Waals surface area contributed by atoms with Gasteiger partial charge in [0.25, 0.3) is 0 Å². The molecule has 0 radical (unpaired) electrons. The monoisotopic (exact) mass is 386 g/mol. The van der Waals surface area contributed by atoms with Crippen LogP contribution in [0.15, 0.2) is 54.6 Å². The topological polar surface area (TPSA) is 6.48 Å². The molecule has 3 aliphatic rings. The molecule has 0 saturated carbocycles. The predicted molar refractivity (Wildman–Crippen MR) is 122 cm³/mol. The summed E-state index contributed by atoms with van der Waals surface area (Å²) in [5, 5.41) is 0. The molecule has 152 valence electrons.